The van der Waals surface area contributed by atoms with E-state index in [-0.39, 0.29) is 17.8 Å². The molecule has 0 heterocycles. The summed E-state index contributed by atoms with van der Waals surface area (Å²) in [4.78, 5) is 23.7. The number of carbonyl (C=O) groups is 2. The van der Waals surface area contributed by atoms with Crippen LogP contribution in [0.15, 0.2) is 12.2 Å². The van der Waals surface area contributed by atoms with Crippen molar-refractivity contribution in [3.8, 4) is 0 Å². The van der Waals surface area contributed by atoms with Crippen LogP contribution in [0.5, 0.6) is 0 Å². The molecule has 0 aliphatic carbocycles. The Hall–Kier alpha value is -0.970. The molecule has 4 nitrogen and oxygen atoms in total. The predicted molar refractivity (Wildman–Crippen MR) is 89.5 cm³/mol. The predicted octanol–water partition coefficient (Wildman–Crippen LogP) is 3.13. The average molecular weight is 315 g/mol. The molecule has 1 N–H and O–H groups in total. The first-order chi connectivity index (χ1) is 10.1. The molecular weight excluding hydrogens is 286 g/mol. The molecule has 0 aliphatic rings. The summed E-state index contributed by atoms with van der Waals surface area (Å²) < 4.78 is 4.74. The van der Waals surface area contributed by atoms with E-state index in [0.717, 1.165) is 31.4 Å². The van der Waals surface area contributed by atoms with Crippen LogP contribution in [0, 0.1) is 5.92 Å². The summed E-state index contributed by atoms with van der Waals surface area (Å²) in [5, 5.41) is 2.80. The number of ether oxygens (including phenoxy) is 1. The highest BCUT2D eigenvalue weighted by atomic mass is 32.1. The number of rotatable bonds is 11. The highest BCUT2D eigenvalue weighted by Gasteiger charge is 2.21. The largest absolute Gasteiger partial charge is 0.467 e. The number of hydrogen-bond acceptors (Lipinski definition) is 4. The fourth-order valence-electron chi connectivity index (χ4n) is 2.00. The minimum absolute atomic E-state index is 0.0936. The lowest BCUT2D eigenvalue weighted by Gasteiger charge is -2.17. The maximum atomic E-state index is 12.1. The fourth-order valence-corrected chi connectivity index (χ4v) is 2.15. The van der Waals surface area contributed by atoms with Crippen LogP contribution in [0.4, 0.5) is 0 Å². The zero-order valence-electron chi connectivity index (χ0n) is 13.4. The Balaban J connectivity index is 4.42. The number of carbonyl (C=O) groups excluding carboxylic acids is 2. The quantitative estimate of drug-likeness (QED) is 0.350. The van der Waals surface area contributed by atoms with Gasteiger partial charge in [0.05, 0.1) is 7.11 Å². The fraction of sp³-hybridized carbons (Fsp3) is 0.750. The highest BCUT2D eigenvalue weighted by Crippen LogP contribution is 2.12. The molecule has 0 saturated heterocycles. The van der Waals surface area contributed by atoms with Gasteiger partial charge in [0.15, 0.2) is 0 Å². The van der Waals surface area contributed by atoms with Gasteiger partial charge in [0.1, 0.15) is 6.04 Å². The normalized spacial score (nSPS) is 13.9. The van der Waals surface area contributed by atoms with E-state index in [0.29, 0.717) is 12.8 Å². The van der Waals surface area contributed by atoms with E-state index < -0.39 is 6.04 Å². The first kappa shape index (κ1) is 20.0. The number of hydrogen-bond donors (Lipinski definition) is 2. The number of nitrogens with one attached hydrogen (secondary N) is 1. The summed E-state index contributed by atoms with van der Waals surface area (Å²) in [6.07, 6.45) is 8.82. The van der Waals surface area contributed by atoms with Gasteiger partial charge in [0.2, 0.25) is 5.91 Å². The molecule has 0 fully saturated rings. The second kappa shape index (κ2) is 12.7. The van der Waals surface area contributed by atoms with Gasteiger partial charge in [-0.2, -0.15) is 12.6 Å². The third-order valence-electron chi connectivity index (χ3n) is 3.34. The molecule has 5 heteroatoms. The van der Waals surface area contributed by atoms with E-state index in [1.165, 1.54) is 7.11 Å². The Labute approximate surface area is 134 Å². The van der Waals surface area contributed by atoms with E-state index >= 15 is 0 Å². The summed E-state index contributed by atoms with van der Waals surface area (Å²) in [7, 11) is 1.35. The van der Waals surface area contributed by atoms with Crippen LogP contribution in [0.1, 0.15) is 52.4 Å². The number of unbranched alkanes of at least 4 members (excludes halogenated alkanes) is 1. The van der Waals surface area contributed by atoms with Crippen LogP contribution in [-0.2, 0) is 14.3 Å². The molecular formula is C16H29NO3S. The van der Waals surface area contributed by atoms with Crippen LogP contribution in [0.3, 0.4) is 0 Å². The van der Waals surface area contributed by atoms with Crippen molar-refractivity contribution in [2.24, 2.45) is 5.92 Å². The molecule has 0 bridgehead atoms. The van der Waals surface area contributed by atoms with Gasteiger partial charge in [-0.15, -0.1) is 0 Å². The van der Waals surface area contributed by atoms with Gasteiger partial charge in [0.25, 0.3) is 0 Å². The summed E-state index contributed by atoms with van der Waals surface area (Å²) in [6.45, 7) is 4.10. The Morgan fingerprint density at radius 1 is 1.33 bits per heavy atom. The number of methoxy groups -OCH3 is 1. The molecule has 0 aromatic heterocycles. The number of esters is 1. The van der Waals surface area contributed by atoms with Crippen LogP contribution in [0.25, 0.3) is 0 Å². The molecule has 122 valence electrons. The van der Waals surface area contributed by atoms with Crippen molar-refractivity contribution in [2.45, 2.75) is 58.4 Å². The van der Waals surface area contributed by atoms with Crippen molar-refractivity contribution in [3.63, 3.8) is 0 Å². The third-order valence-corrected chi connectivity index (χ3v) is 3.60. The van der Waals surface area contributed by atoms with Gasteiger partial charge >= 0.3 is 5.97 Å². The number of allylic oxidation sites excluding steroid dienone is 2. The summed E-state index contributed by atoms with van der Waals surface area (Å²) in [5.74, 6) is 0.550. The minimum atomic E-state index is -0.527. The van der Waals surface area contributed by atoms with E-state index in [2.05, 4.69) is 43.9 Å². The summed E-state index contributed by atoms with van der Waals surface area (Å²) in [5.41, 5.74) is 0. The smallest absolute Gasteiger partial charge is 0.328 e. The van der Waals surface area contributed by atoms with E-state index in [1.54, 1.807) is 0 Å². The lowest BCUT2D eigenvalue weighted by molar-refractivity contribution is -0.145. The van der Waals surface area contributed by atoms with Crippen LogP contribution < -0.4 is 5.32 Å². The van der Waals surface area contributed by atoms with Crippen molar-refractivity contribution in [3.05, 3.63) is 12.2 Å². The van der Waals surface area contributed by atoms with Gasteiger partial charge in [-0.1, -0.05) is 38.8 Å². The number of thiol groups is 1. The second-order valence-electron chi connectivity index (χ2n) is 5.10. The zero-order chi connectivity index (χ0) is 16.1. The number of amides is 1. The standard InChI is InChI=1S/C16H29NO3S/c1-4-6-10-14(16(19)20-3)17-15(18)12-13(5-2)9-7-8-11-21/h7,9,13-14,21H,4-6,8,10-12H2,1-3H3,(H,17,18)/b9-7+/t13?,14-/m0/s1. The molecule has 0 saturated carbocycles. The third kappa shape index (κ3) is 9.56. The van der Waals surface area contributed by atoms with Crippen molar-refractivity contribution < 1.29 is 14.3 Å². The summed E-state index contributed by atoms with van der Waals surface area (Å²) in [6, 6.07) is -0.527. The Bertz CT molecular complexity index is 331. The first-order valence-corrected chi connectivity index (χ1v) is 8.36. The molecule has 0 aliphatic heterocycles. The molecule has 1 amide bonds. The molecule has 21 heavy (non-hydrogen) atoms. The molecule has 0 spiro atoms. The monoisotopic (exact) mass is 315 g/mol. The van der Waals surface area contributed by atoms with Crippen molar-refractivity contribution in [1.29, 1.82) is 0 Å². The SMILES string of the molecule is CCCC[C@H](NC(=O)CC(/C=C/CCS)CC)C(=O)OC. The molecule has 0 rings (SSSR count). The molecule has 2 atom stereocenters. The zero-order valence-corrected chi connectivity index (χ0v) is 14.3. The van der Waals surface area contributed by atoms with E-state index in [9.17, 15) is 9.59 Å². The van der Waals surface area contributed by atoms with Crippen LogP contribution in [-0.4, -0.2) is 30.8 Å². The van der Waals surface area contributed by atoms with Gasteiger partial charge in [-0.25, -0.2) is 4.79 Å². The second-order valence-corrected chi connectivity index (χ2v) is 5.55. The lowest BCUT2D eigenvalue weighted by Crippen LogP contribution is -2.42. The summed E-state index contributed by atoms with van der Waals surface area (Å²) >= 11 is 4.15. The topological polar surface area (TPSA) is 55.4 Å². The van der Waals surface area contributed by atoms with Gasteiger partial charge in [0, 0.05) is 6.42 Å². The van der Waals surface area contributed by atoms with Crippen molar-refractivity contribution >= 4 is 24.5 Å². The lowest BCUT2D eigenvalue weighted by atomic mass is 10.0. The Morgan fingerprint density at radius 2 is 2.05 bits per heavy atom. The average Bonchev–Trinajstić information content (AvgIpc) is 2.49. The van der Waals surface area contributed by atoms with E-state index in [4.69, 9.17) is 4.74 Å². The highest BCUT2D eigenvalue weighted by molar-refractivity contribution is 7.80. The molecule has 0 aromatic rings. The Kier molecular flexibility index (Phi) is 12.2. The van der Waals surface area contributed by atoms with Crippen molar-refractivity contribution in [1.82, 2.24) is 5.32 Å². The maximum Gasteiger partial charge on any atom is 0.328 e. The maximum absolute atomic E-state index is 12.1. The van der Waals surface area contributed by atoms with Gasteiger partial charge < -0.3 is 10.1 Å². The van der Waals surface area contributed by atoms with Crippen LogP contribution in [0.2, 0.25) is 0 Å². The molecule has 0 aromatic carbocycles. The minimum Gasteiger partial charge on any atom is -0.467 e. The van der Waals surface area contributed by atoms with Gasteiger partial charge in [-0.05, 0) is 30.9 Å². The Morgan fingerprint density at radius 3 is 2.57 bits per heavy atom. The van der Waals surface area contributed by atoms with Crippen molar-refractivity contribution in [2.75, 3.05) is 12.9 Å². The van der Waals surface area contributed by atoms with E-state index in [1.807, 2.05) is 0 Å². The first-order valence-electron chi connectivity index (χ1n) is 7.73. The van der Waals surface area contributed by atoms with Gasteiger partial charge in [-0.3, -0.25) is 4.79 Å². The van der Waals surface area contributed by atoms with Crippen LogP contribution >= 0.6 is 12.6 Å². The molecule has 1 unspecified atom stereocenters. The molecule has 0 radical (unpaired) electrons.